The lowest BCUT2D eigenvalue weighted by atomic mass is 9.95. The smallest absolute Gasteiger partial charge is 0.323 e. The largest absolute Gasteiger partial charge is 0.371 e. The molecule has 1 atom stereocenters. The third kappa shape index (κ3) is 3.72. The fourth-order valence-corrected chi connectivity index (χ4v) is 3.99. The first kappa shape index (κ1) is 17.7. The molecule has 0 saturated carbocycles. The van der Waals surface area contributed by atoms with Gasteiger partial charge in [0.05, 0.1) is 11.9 Å². The summed E-state index contributed by atoms with van der Waals surface area (Å²) in [5, 5.41) is 0. The lowest BCUT2D eigenvalue weighted by Crippen LogP contribution is -2.46. The van der Waals surface area contributed by atoms with Crippen LogP contribution < -0.4 is 10.6 Å². The van der Waals surface area contributed by atoms with Crippen LogP contribution >= 0.6 is 0 Å². The average molecular weight is 368 g/mol. The zero-order valence-corrected chi connectivity index (χ0v) is 16.1. The molecule has 1 unspecified atom stereocenters. The van der Waals surface area contributed by atoms with Crippen molar-refractivity contribution in [3.8, 4) is 0 Å². The number of rotatable bonds is 4. The van der Waals surface area contributed by atoms with Crippen molar-refractivity contribution in [2.24, 2.45) is 5.92 Å². The van der Waals surface area contributed by atoms with Crippen molar-refractivity contribution in [2.45, 2.75) is 33.1 Å². The first-order valence-corrected chi connectivity index (χ1v) is 9.86. The summed E-state index contributed by atoms with van der Waals surface area (Å²) in [4.78, 5) is 29.7. The normalized spacial score (nSPS) is 21.0. The number of aryl methyl sites for hydroxylation is 1. The molecule has 1 aliphatic carbocycles. The van der Waals surface area contributed by atoms with Gasteiger partial charge in [-0.25, -0.2) is 9.78 Å². The van der Waals surface area contributed by atoms with Crippen molar-refractivity contribution in [1.82, 2.24) is 24.8 Å². The van der Waals surface area contributed by atoms with Crippen LogP contribution in [0.1, 0.15) is 38.2 Å². The number of nitrogens with one attached hydrogen (secondary N) is 3. The Morgan fingerprint density at radius 2 is 1.93 bits per heavy atom. The van der Waals surface area contributed by atoms with Crippen LogP contribution in [-0.2, 0) is 6.42 Å². The molecule has 7 heteroatoms. The van der Waals surface area contributed by atoms with Crippen molar-refractivity contribution >= 4 is 11.4 Å². The van der Waals surface area contributed by atoms with Crippen molar-refractivity contribution in [1.29, 1.82) is 0 Å². The van der Waals surface area contributed by atoms with Crippen molar-refractivity contribution in [2.75, 3.05) is 31.1 Å². The van der Waals surface area contributed by atoms with Crippen LogP contribution in [0.4, 0.5) is 5.82 Å². The molecule has 2 aromatic heterocycles. The highest BCUT2D eigenvalue weighted by Crippen LogP contribution is 2.31. The van der Waals surface area contributed by atoms with E-state index in [4.69, 9.17) is 0 Å². The Bertz CT molecular complexity index is 893. The van der Waals surface area contributed by atoms with Gasteiger partial charge < -0.3 is 24.8 Å². The number of H-pyrrole nitrogens is 3. The predicted octanol–water partition coefficient (Wildman–Crippen LogP) is 2.51. The molecule has 144 valence electrons. The Balaban J connectivity index is 1.44. The van der Waals surface area contributed by atoms with Crippen LogP contribution in [0.5, 0.6) is 0 Å². The van der Waals surface area contributed by atoms with Gasteiger partial charge in [-0.1, -0.05) is 19.9 Å². The number of anilines is 1. The van der Waals surface area contributed by atoms with Gasteiger partial charge in [0, 0.05) is 44.5 Å². The Hall–Kier alpha value is -2.70. The minimum atomic E-state index is -0.146. The van der Waals surface area contributed by atoms with Crippen molar-refractivity contribution in [3.63, 3.8) is 0 Å². The van der Waals surface area contributed by atoms with E-state index in [1.54, 1.807) is 6.20 Å². The summed E-state index contributed by atoms with van der Waals surface area (Å²) in [7, 11) is 0. The molecule has 0 amide bonds. The van der Waals surface area contributed by atoms with E-state index in [9.17, 15) is 4.79 Å². The highest BCUT2D eigenvalue weighted by Gasteiger charge is 2.22. The van der Waals surface area contributed by atoms with Gasteiger partial charge in [-0.2, -0.15) is 0 Å². The molecule has 1 fully saturated rings. The molecule has 7 nitrogen and oxygen atoms in total. The summed E-state index contributed by atoms with van der Waals surface area (Å²) >= 11 is 0. The predicted molar refractivity (Wildman–Crippen MR) is 108 cm³/mol. The molecular weight excluding hydrogens is 340 g/mol. The van der Waals surface area contributed by atoms with E-state index in [1.165, 1.54) is 11.3 Å². The molecule has 1 saturated heterocycles. The second-order valence-electron chi connectivity index (χ2n) is 7.42. The van der Waals surface area contributed by atoms with Gasteiger partial charge in [0.15, 0.2) is 0 Å². The van der Waals surface area contributed by atoms with Crippen molar-refractivity contribution < 1.29 is 0 Å². The second-order valence-corrected chi connectivity index (χ2v) is 7.42. The van der Waals surface area contributed by atoms with Crippen LogP contribution in [-0.4, -0.2) is 51.0 Å². The summed E-state index contributed by atoms with van der Waals surface area (Å²) < 4.78 is 0. The van der Waals surface area contributed by atoms with Crippen LogP contribution in [0.15, 0.2) is 35.0 Å². The topological polar surface area (TPSA) is 83.8 Å². The van der Waals surface area contributed by atoms with Gasteiger partial charge in [0.2, 0.25) is 0 Å². The van der Waals surface area contributed by atoms with E-state index in [-0.39, 0.29) is 5.69 Å². The average Bonchev–Trinajstić information content (AvgIpc) is 3.29. The van der Waals surface area contributed by atoms with Crippen LogP contribution in [0.3, 0.4) is 0 Å². The second kappa shape index (κ2) is 7.50. The Kier molecular flexibility index (Phi) is 4.92. The number of aromatic amines is 3. The van der Waals surface area contributed by atoms with Crippen LogP contribution in [0, 0.1) is 5.92 Å². The Morgan fingerprint density at radius 3 is 2.59 bits per heavy atom. The SMILES string of the molecule is CCc1ncc(N2CCN(C3=CC=C(c4c[nH]c(=O)[nH]4)C(C)CC3)CC2)[nH]1. The zero-order chi connectivity index (χ0) is 18.8. The fraction of sp³-hybridized carbons (Fsp3) is 0.500. The number of piperazine rings is 1. The molecule has 2 aromatic rings. The monoisotopic (exact) mass is 368 g/mol. The molecule has 3 heterocycles. The Morgan fingerprint density at radius 1 is 1.15 bits per heavy atom. The van der Waals surface area contributed by atoms with Gasteiger partial charge in [-0.3, -0.25) is 0 Å². The third-order valence-corrected chi connectivity index (χ3v) is 5.70. The summed E-state index contributed by atoms with van der Waals surface area (Å²) in [5.74, 6) is 2.60. The summed E-state index contributed by atoms with van der Waals surface area (Å²) in [5.41, 5.74) is 3.35. The lowest BCUT2D eigenvalue weighted by molar-refractivity contribution is 0.307. The maximum atomic E-state index is 11.4. The third-order valence-electron chi connectivity index (χ3n) is 5.70. The maximum Gasteiger partial charge on any atom is 0.323 e. The molecule has 1 aliphatic heterocycles. The minimum absolute atomic E-state index is 0.146. The number of imidazole rings is 2. The van der Waals surface area contributed by atoms with Crippen LogP contribution in [0.25, 0.3) is 5.57 Å². The number of aromatic nitrogens is 4. The summed E-state index contributed by atoms with van der Waals surface area (Å²) in [6, 6.07) is 0. The maximum absolute atomic E-state index is 11.4. The van der Waals surface area contributed by atoms with E-state index >= 15 is 0 Å². The van der Waals surface area contributed by atoms with E-state index < -0.39 is 0 Å². The Labute approximate surface area is 159 Å². The lowest BCUT2D eigenvalue weighted by Gasteiger charge is -2.37. The molecule has 4 rings (SSSR count). The molecule has 3 N–H and O–H groups in total. The molecule has 0 bridgehead atoms. The van der Waals surface area contributed by atoms with Gasteiger partial charge in [-0.15, -0.1) is 0 Å². The van der Waals surface area contributed by atoms with E-state index in [0.29, 0.717) is 5.92 Å². The number of allylic oxidation sites excluding steroid dienone is 4. The van der Waals surface area contributed by atoms with Gasteiger partial charge in [0.1, 0.15) is 11.6 Å². The highest BCUT2D eigenvalue weighted by atomic mass is 16.1. The molecule has 2 aliphatic rings. The van der Waals surface area contributed by atoms with Gasteiger partial charge >= 0.3 is 5.69 Å². The van der Waals surface area contributed by atoms with Crippen molar-refractivity contribution in [3.05, 3.63) is 52.2 Å². The van der Waals surface area contributed by atoms with E-state index in [1.807, 2.05) is 6.20 Å². The quantitative estimate of drug-likeness (QED) is 0.774. The number of hydrogen-bond donors (Lipinski definition) is 3. The molecule has 0 radical (unpaired) electrons. The van der Waals surface area contributed by atoms with Gasteiger partial charge in [-0.05, 0) is 30.4 Å². The van der Waals surface area contributed by atoms with E-state index in [2.05, 4.69) is 55.7 Å². The van der Waals surface area contributed by atoms with E-state index in [0.717, 1.165) is 62.8 Å². The minimum Gasteiger partial charge on any atom is -0.371 e. The molecule has 0 spiro atoms. The fourth-order valence-electron chi connectivity index (χ4n) is 3.99. The standard InChI is InChI=1S/C20H28N6O/c1-3-18-21-13-19(24-18)26-10-8-25(9-11-26)15-5-4-14(2)16(7-6-15)17-12-22-20(27)23-17/h6-7,12-14H,3-5,8-11H2,1-2H3,(H,21,24)(H2,22,23,27). The molecule has 0 aromatic carbocycles. The summed E-state index contributed by atoms with van der Waals surface area (Å²) in [6.07, 6.45) is 11.2. The first-order chi connectivity index (χ1) is 13.1. The summed E-state index contributed by atoms with van der Waals surface area (Å²) in [6.45, 7) is 8.38. The molecular formula is C20H28N6O. The first-order valence-electron chi connectivity index (χ1n) is 9.86. The number of hydrogen-bond acceptors (Lipinski definition) is 4. The number of nitrogens with zero attached hydrogens (tertiary/aromatic N) is 3. The molecule has 27 heavy (non-hydrogen) atoms. The van der Waals surface area contributed by atoms with Crippen LogP contribution in [0.2, 0.25) is 0 Å². The van der Waals surface area contributed by atoms with Gasteiger partial charge in [0.25, 0.3) is 0 Å². The highest BCUT2D eigenvalue weighted by molar-refractivity contribution is 5.66. The zero-order valence-electron chi connectivity index (χ0n) is 16.1.